The van der Waals surface area contributed by atoms with Gasteiger partial charge in [-0.25, -0.2) is 8.42 Å². The monoisotopic (exact) mass is 459 g/mol. The molecule has 3 rings (SSSR count). The largest absolute Gasteiger partial charge is 0.416 e. The third kappa shape index (κ3) is 4.41. The number of carbonyl (C=O) groups excluding carboxylic acids is 1. The maximum Gasteiger partial charge on any atom is 0.416 e. The molecule has 1 heterocycles. The summed E-state index contributed by atoms with van der Waals surface area (Å²) in [5, 5.41) is 1.02. The molecule has 0 radical (unpaired) electrons. The van der Waals surface area contributed by atoms with Crippen molar-refractivity contribution in [2.75, 3.05) is 10.7 Å². The lowest BCUT2D eigenvalue weighted by Crippen LogP contribution is -2.41. The topological polar surface area (TPSA) is 54.5 Å². The molecule has 0 saturated heterocycles. The first kappa shape index (κ1) is 19.6. The van der Waals surface area contributed by atoms with E-state index >= 15 is 0 Å². The number of amides is 1. The van der Waals surface area contributed by atoms with Crippen LogP contribution in [0.3, 0.4) is 0 Å². The highest BCUT2D eigenvalue weighted by Crippen LogP contribution is 2.31. The van der Waals surface area contributed by atoms with Crippen molar-refractivity contribution < 1.29 is 26.4 Å². The fraction of sp³-hybridized carbons (Fsp3) is 0.167. The first-order chi connectivity index (χ1) is 12.6. The van der Waals surface area contributed by atoms with E-state index in [2.05, 4.69) is 15.9 Å². The van der Waals surface area contributed by atoms with Crippen LogP contribution in [0.4, 0.5) is 18.9 Å². The predicted octanol–water partition coefficient (Wildman–Crippen LogP) is 4.43. The lowest BCUT2D eigenvalue weighted by molar-refractivity contribution is -0.137. The molecule has 0 fully saturated rings. The summed E-state index contributed by atoms with van der Waals surface area (Å²) >= 11 is 3.27. The molecule has 142 valence electrons. The quantitative estimate of drug-likeness (QED) is 0.682. The molecular formula is C18H13BrF3NO3S. The second-order valence-electron chi connectivity index (χ2n) is 5.96. The van der Waals surface area contributed by atoms with Gasteiger partial charge in [-0.3, -0.25) is 4.79 Å². The SMILES string of the molecule is O=C(c1cccc(C(F)(F)F)c1)N(c1ccc(Br)cc1)[C@H]1C=CS(=O)(=O)C1. The van der Waals surface area contributed by atoms with Crippen molar-refractivity contribution in [2.45, 2.75) is 12.2 Å². The van der Waals surface area contributed by atoms with E-state index in [-0.39, 0.29) is 11.3 Å². The molecule has 0 unspecified atom stereocenters. The molecule has 0 N–H and O–H groups in total. The van der Waals surface area contributed by atoms with E-state index < -0.39 is 33.5 Å². The minimum Gasteiger partial charge on any atom is -0.300 e. The Morgan fingerprint density at radius 2 is 1.78 bits per heavy atom. The van der Waals surface area contributed by atoms with Gasteiger partial charge in [-0.15, -0.1) is 0 Å². The molecule has 0 saturated carbocycles. The van der Waals surface area contributed by atoms with Gasteiger partial charge in [0.2, 0.25) is 0 Å². The lowest BCUT2D eigenvalue weighted by Gasteiger charge is -2.28. The highest BCUT2D eigenvalue weighted by Gasteiger charge is 2.34. The second-order valence-corrected chi connectivity index (χ2v) is 8.80. The second kappa shape index (κ2) is 7.12. The highest BCUT2D eigenvalue weighted by molar-refractivity contribution is 9.10. The maximum absolute atomic E-state index is 13.0. The predicted molar refractivity (Wildman–Crippen MR) is 99.1 cm³/mol. The minimum absolute atomic E-state index is 0.176. The molecule has 4 nitrogen and oxygen atoms in total. The fourth-order valence-corrected chi connectivity index (χ4v) is 4.28. The molecular weight excluding hydrogens is 447 g/mol. The number of nitrogens with zero attached hydrogens (tertiary/aromatic N) is 1. The van der Waals surface area contributed by atoms with Crippen LogP contribution in [0.25, 0.3) is 0 Å². The molecule has 9 heteroatoms. The Labute approximate surface area is 162 Å². The molecule has 27 heavy (non-hydrogen) atoms. The number of hydrogen-bond acceptors (Lipinski definition) is 3. The molecule has 1 aliphatic heterocycles. The third-order valence-electron chi connectivity index (χ3n) is 4.00. The van der Waals surface area contributed by atoms with E-state index in [4.69, 9.17) is 0 Å². The average molecular weight is 460 g/mol. The molecule has 1 aliphatic rings. The normalized spacial score (nSPS) is 18.4. The minimum atomic E-state index is -4.59. The summed E-state index contributed by atoms with van der Waals surface area (Å²) in [4.78, 5) is 14.2. The van der Waals surface area contributed by atoms with Crippen molar-refractivity contribution in [3.05, 3.63) is 75.6 Å². The zero-order valence-corrected chi connectivity index (χ0v) is 16.1. The molecule has 0 aromatic heterocycles. The van der Waals surface area contributed by atoms with E-state index in [9.17, 15) is 26.4 Å². The number of sulfone groups is 1. The van der Waals surface area contributed by atoms with E-state index in [1.165, 1.54) is 17.0 Å². The Morgan fingerprint density at radius 1 is 1.11 bits per heavy atom. The molecule has 1 amide bonds. The number of rotatable bonds is 3. The van der Waals surface area contributed by atoms with Gasteiger partial charge in [0.05, 0.1) is 17.4 Å². The number of benzene rings is 2. The van der Waals surface area contributed by atoms with E-state index in [0.717, 1.165) is 28.1 Å². The van der Waals surface area contributed by atoms with Gasteiger partial charge >= 0.3 is 6.18 Å². The van der Waals surface area contributed by atoms with Gasteiger partial charge in [0, 0.05) is 21.1 Å². The van der Waals surface area contributed by atoms with Crippen LogP contribution in [-0.2, 0) is 16.0 Å². The summed E-state index contributed by atoms with van der Waals surface area (Å²) in [7, 11) is -3.47. The fourth-order valence-electron chi connectivity index (χ4n) is 2.75. The van der Waals surface area contributed by atoms with Crippen LogP contribution >= 0.6 is 15.9 Å². The van der Waals surface area contributed by atoms with Crippen molar-refractivity contribution in [1.82, 2.24) is 0 Å². The van der Waals surface area contributed by atoms with Crippen molar-refractivity contribution in [1.29, 1.82) is 0 Å². The summed E-state index contributed by atoms with van der Waals surface area (Å²) in [6, 6.07) is 9.76. The van der Waals surface area contributed by atoms with E-state index in [1.54, 1.807) is 24.3 Å². The first-order valence-corrected chi connectivity index (χ1v) is 10.2. The first-order valence-electron chi connectivity index (χ1n) is 7.74. The van der Waals surface area contributed by atoms with E-state index in [1.807, 2.05) is 0 Å². The average Bonchev–Trinajstić information content (AvgIpc) is 2.95. The Bertz CT molecular complexity index is 1000. The summed E-state index contributed by atoms with van der Waals surface area (Å²) in [6.07, 6.45) is -3.22. The van der Waals surface area contributed by atoms with Gasteiger partial charge in [-0.2, -0.15) is 13.2 Å². The summed E-state index contributed by atoms with van der Waals surface area (Å²) in [5.74, 6) is -1.04. The molecule has 0 aliphatic carbocycles. The zero-order valence-electron chi connectivity index (χ0n) is 13.7. The van der Waals surface area contributed by atoms with Gasteiger partial charge in [0.1, 0.15) is 0 Å². The van der Waals surface area contributed by atoms with Crippen molar-refractivity contribution in [2.24, 2.45) is 0 Å². The zero-order chi connectivity index (χ0) is 19.8. The third-order valence-corrected chi connectivity index (χ3v) is 5.91. The summed E-state index contributed by atoms with van der Waals surface area (Å²) in [5.41, 5.74) is -0.739. The van der Waals surface area contributed by atoms with Crippen molar-refractivity contribution in [3.8, 4) is 0 Å². The van der Waals surface area contributed by atoms with Crippen LogP contribution in [0, 0.1) is 0 Å². The Morgan fingerprint density at radius 3 is 2.33 bits per heavy atom. The number of carbonyl (C=O) groups is 1. The standard InChI is InChI=1S/C18H13BrF3NO3S/c19-14-4-6-15(7-5-14)23(16-8-9-27(25,26)11-16)17(24)12-2-1-3-13(10-12)18(20,21)22/h1-10,16H,11H2/t16-/m0/s1. The van der Waals surface area contributed by atoms with Gasteiger partial charge < -0.3 is 4.90 Å². The highest BCUT2D eigenvalue weighted by atomic mass is 79.9. The number of halogens is 4. The Hall–Kier alpha value is -2.13. The smallest absolute Gasteiger partial charge is 0.300 e. The lowest BCUT2D eigenvalue weighted by atomic mass is 10.1. The number of hydrogen-bond donors (Lipinski definition) is 0. The Balaban J connectivity index is 2.04. The number of anilines is 1. The van der Waals surface area contributed by atoms with Gasteiger partial charge in [0.15, 0.2) is 9.84 Å². The van der Waals surface area contributed by atoms with Crippen LogP contribution in [0.2, 0.25) is 0 Å². The molecule has 0 bridgehead atoms. The van der Waals surface area contributed by atoms with Crippen LogP contribution < -0.4 is 4.90 Å². The van der Waals surface area contributed by atoms with Gasteiger partial charge in [-0.1, -0.05) is 22.0 Å². The van der Waals surface area contributed by atoms with Crippen molar-refractivity contribution in [3.63, 3.8) is 0 Å². The molecule has 1 atom stereocenters. The summed E-state index contributed by atoms with van der Waals surface area (Å²) < 4.78 is 63.3. The van der Waals surface area contributed by atoms with Crippen molar-refractivity contribution >= 4 is 37.4 Å². The van der Waals surface area contributed by atoms with Crippen LogP contribution in [0.5, 0.6) is 0 Å². The van der Waals surface area contributed by atoms with Crippen LogP contribution in [0.1, 0.15) is 15.9 Å². The number of alkyl halides is 3. The van der Waals surface area contributed by atoms with Crippen LogP contribution in [0.15, 0.2) is 64.5 Å². The molecule has 2 aromatic carbocycles. The summed E-state index contributed by atoms with van der Waals surface area (Å²) in [6.45, 7) is 0. The molecule has 2 aromatic rings. The molecule has 0 spiro atoms. The Kier molecular flexibility index (Phi) is 5.18. The van der Waals surface area contributed by atoms with Gasteiger partial charge in [-0.05, 0) is 48.5 Å². The van der Waals surface area contributed by atoms with Gasteiger partial charge in [0.25, 0.3) is 5.91 Å². The van der Waals surface area contributed by atoms with E-state index in [0.29, 0.717) is 5.69 Å². The maximum atomic E-state index is 13.0. The van der Waals surface area contributed by atoms with Crippen LogP contribution in [-0.4, -0.2) is 26.1 Å².